The highest BCUT2D eigenvalue weighted by molar-refractivity contribution is 6.42. The standard InChI is InChI=1S/C28H18Cl4O3/c29-22-8-4-16(14-24(22)31)26-10-6-20(34-26)12-18-2-1-3-19(28(18)33)13-21-7-11-27(35-21)17-5-9-23(30)25(32)15-17/h4-15H,1-3H2/b18-12-,19-13-. The van der Waals surface area contributed by atoms with Gasteiger partial charge < -0.3 is 8.83 Å². The lowest BCUT2D eigenvalue weighted by atomic mass is 9.88. The second-order valence-electron chi connectivity index (χ2n) is 8.18. The van der Waals surface area contributed by atoms with E-state index >= 15 is 0 Å². The second-order valence-corrected chi connectivity index (χ2v) is 9.81. The lowest BCUT2D eigenvalue weighted by Gasteiger charge is -2.15. The molecule has 1 aliphatic carbocycles. The van der Waals surface area contributed by atoms with Gasteiger partial charge in [0.05, 0.1) is 20.1 Å². The van der Waals surface area contributed by atoms with E-state index in [-0.39, 0.29) is 5.78 Å². The molecule has 1 fully saturated rings. The van der Waals surface area contributed by atoms with Crippen LogP contribution in [0, 0.1) is 0 Å². The van der Waals surface area contributed by atoms with Gasteiger partial charge in [0.25, 0.3) is 0 Å². The minimum Gasteiger partial charge on any atom is -0.457 e. The van der Waals surface area contributed by atoms with E-state index < -0.39 is 0 Å². The van der Waals surface area contributed by atoms with E-state index in [0.717, 1.165) is 17.5 Å². The Morgan fingerprint density at radius 2 is 1.06 bits per heavy atom. The van der Waals surface area contributed by atoms with Gasteiger partial charge in [-0.1, -0.05) is 46.4 Å². The van der Waals surface area contributed by atoms with Crippen molar-refractivity contribution in [2.75, 3.05) is 0 Å². The number of halogens is 4. The van der Waals surface area contributed by atoms with Crippen molar-refractivity contribution in [3.8, 4) is 22.6 Å². The number of hydrogen-bond donors (Lipinski definition) is 0. The summed E-state index contributed by atoms with van der Waals surface area (Å²) in [5, 5.41) is 1.88. The van der Waals surface area contributed by atoms with Crippen LogP contribution in [0.15, 0.2) is 80.6 Å². The smallest absolute Gasteiger partial charge is 0.185 e. The maximum absolute atomic E-state index is 13.2. The minimum atomic E-state index is -0.00350. The number of Topliss-reactive ketones (excluding diaryl/α,β-unsaturated/α-hetero) is 1. The van der Waals surface area contributed by atoms with Crippen LogP contribution in [0.4, 0.5) is 0 Å². The SMILES string of the molecule is O=C1/C(=C\c2ccc(-c3ccc(Cl)c(Cl)c3)o2)CCC/C1=C/c1ccc(-c2ccc(Cl)c(Cl)c2)o1. The van der Waals surface area contributed by atoms with Crippen molar-refractivity contribution >= 4 is 64.3 Å². The fraction of sp³-hybridized carbons (Fsp3) is 0.107. The highest BCUT2D eigenvalue weighted by Crippen LogP contribution is 2.34. The molecular weight excluding hydrogens is 526 g/mol. The normalized spacial score (nSPS) is 16.4. The number of furan rings is 2. The van der Waals surface area contributed by atoms with Gasteiger partial charge in [0.15, 0.2) is 5.78 Å². The van der Waals surface area contributed by atoms with E-state index in [1.165, 1.54) is 0 Å². The molecule has 0 N–H and O–H groups in total. The molecule has 0 amide bonds. The number of hydrogen-bond acceptors (Lipinski definition) is 3. The molecule has 0 bridgehead atoms. The Balaban J connectivity index is 1.36. The first-order valence-electron chi connectivity index (χ1n) is 10.9. The summed E-state index contributed by atoms with van der Waals surface area (Å²) < 4.78 is 11.9. The predicted octanol–water partition coefficient (Wildman–Crippen LogP) is 10.0. The Morgan fingerprint density at radius 3 is 1.49 bits per heavy atom. The molecule has 0 saturated heterocycles. The quantitative estimate of drug-likeness (QED) is 0.240. The van der Waals surface area contributed by atoms with E-state index in [1.54, 1.807) is 36.4 Å². The van der Waals surface area contributed by atoms with E-state index in [4.69, 9.17) is 55.2 Å². The molecule has 3 nitrogen and oxygen atoms in total. The molecule has 1 aliphatic rings. The molecular formula is C28H18Cl4O3. The molecule has 0 aliphatic heterocycles. The third-order valence-electron chi connectivity index (χ3n) is 5.77. The van der Waals surface area contributed by atoms with Gasteiger partial charge in [-0.3, -0.25) is 4.79 Å². The third-order valence-corrected chi connectivity index (χ3v) is 7.25. The van der Waals surface area contributed by atoms with Crippen LogP contribution in [0.2, 0.25) is 20.1 Å². The van der Waals surface area contributed by atoms with Crippen molar-refractivity contribution in [2.24, 2.45) is 0 Å². The topological polar surface area (TPSA) is 43.4 Å². The molecule has 2 heterocycles. The van der Waals surface area contributed by atoms with Crippen LogP contribution in [0.3, 0.4) is 0 Å². The maximum atomic E-state index is 13.2. The molecule has 5 rings (SSSR count). The van der Waals surface area contributed by atoms with Crippen molar-refractivity contribution in [3.05, 3.63) is 103 Å². The largest absolute Gasteiger partial charge is 0.457 e. The molecule has 176 valence electrons. The molecule has 4 aromatic rings. The summed E-state index contributed by atoms with van der Waals surface area (Å²) >= 11 is 24.2. The van der Waals surface area contributed by atoms with Crippen molar-refractivity contribution in [3.63, 3.8) is 0 Å². The van der Waals surface area contributed by atoms with Gasteiger partial charge in [0.2, 0.25) is 0 Å². The monoisotopic (exact) mass is 542 g/mol. The van der Waals surface area contributed by atoms with Gasteiger partial charge in [0.1, 0.15) is 23.0 Å². The molecule has 0 spiro atoms. The van der Waals surface area contributed by atoms with Gasteiger partial charge in [-0.25, -0.2) is 0 Å². The summed E-state index contributed by atoms with van der Waals surface area (Å²) in [6.07, 6.45) is 5.85. The predicted molar refractivity (Wildman–Crippen MR) is 143 cm³/mol. The Hall–Kier alpha value is -2.69. The van der Waals surface area contributed by atoms with E-state index in [9.17, 15) is 4.79 Å². The van der Waals surface area contributed by atoms with Crippen LogP contribution >= 0.6 is 46.4 Å². The highest BCUT2D eigenvalue weighted by atomic mass is 35.5. The Morgan fingerprint density at radius 1 is 0.600 bits per heavy atom. The van der Waals surface area contributed by atoms with Crippen LogP contribution in [0.25, 0.3) is 34.8 Å². The molecule has 7 heteroatoms. The Labute approximate surface area is 222 Å². The van der Waals surface area contributed by atoms with Crippen LogP contribution in [-0.2, 0) is 4.79 Å². The fourth-order valence-corrected chi connectivity index (χ4v) is 4.59. The summed E-state index contributed by atoms with van der Waals surface area (Å²) in [6.45, 7) is 0. The molecule has 0 radical (unpaired) electrons. The van der Waals surface area contributed by atoms with E-state index in [0.29, 0.717) is 67.1 Å². The molecule has 2 aromatic heterocycles. The zero-order valence-corrected chi connectivity index (χ0v) is 21.3. The van der Waals surface area contributed by atoms with Crippen molar-refractivity contribution in [1.82, 2.24) is 0 Å². The Kier molecular flexibility index (Phi) is 6.95. The van der Waals surface area contributed by atoms with Gasteiger partial charge >= 0.3 is 0 Å². The fourth-order valence-electron chi connectivity index (χ4n) is 3.99. The number of benzene rings is 2. The average Bonchev–Trinajstić information content (AvgIpc) is 3.50. The first-order valence-corrected chi connectivity index (χ1v) is 12.4. The van der Waals surface area contributed by atoms with Gasteiger partial charge in [-0.2, -0.15) is 0 Å². The summed E-state index contributed by atoms with van der Waals surface area (Å²) in [6, 6.07) is 18.0. The summed E-state index contributed by atoms with van der Waals surface area (Å²) in [4.78, 5) is 13.2. The lowest BCUT2D eigenvalue weighted by Crippen LogP contribution is -2.12. The maximum Gasteiger partial charge on any atom is 0.185 e. The number of carbonyl (C=O) groups is 1. The zero-order valence-electron chi connectivity index (χ0n) is 18.3. The van der Waals surface area contributed by atoms with Crippen LogP contribution in [0.1, 0.15) is 30.8 Å². The van der Waals surface area contributed by atoms with Crippen molar-refractivity contribution in [1.29, 1.82) is 0 Å². The van der Waals surface area contributed by atoms with Crippen molar-refractivity contribution < 1.29 is 13.6 Å². The van der Waals surface area contributed by atoms with Gasteiger partial charge in [-0.05, 0) is 92.1 Å². The van der Waals surface area contributed by atoms with Crippen LogP contribution in [0.5, 0.6) is 0 Å². The molecule has 2 aromatic carbocycles. The number of rotatable bonds is 4. The minimum absolute atomic E-state index is 0.00350. The number of allylic oxidation sites excluding steroid dienone is 2. The number of carbonyl (C=O) groups excluding carboxylic acids is 1. The van der Waals surface area contributed by atoms with E-state index in [2.05, 4.69) is 0 Å². The molecule has 0 atom stereocenters. The van der Waals surface area contributed by atoms with Crippen LogP contribution < -0.4 is 0 Å². The third kappa shape index (κ3) is 5.29. The second kappa shape index (κ2) is 10.1. The zero-order chi connectivity index (χ0) is 24.5. The van der Waals surface area contributed by atoms with Crippen molar-refractivity contribution in [2.45, 2.75) is 19.3 Å². The summed E-state index contributed by atoms with van der Waals surface area (Å²) in [5.74, 6) is 2.52. The lowest BCUT2D eigenvalue weighted by molar-refractivity contribution is -0.112. The van der Waals surface area contributed by atoms with Gasteiger partial charge in [-0.15, -0.1) is 0 Å². The number of ketones is 1. The van der Waals surface area contributed by atoms with Crippen LogP contribution in [-0.4, -0.2) is 5.78 Å². The summed E-state index contributed by atoms with van der Waals surface area (Å²) in [7, 11) is 0. The average molecular weight is 544 g/mol. The van der Waals surface area contributed by atoms with E-state index in [1.807, 2.05) is 36.4 Å². The summed E-state index contributed by atoms with van der Waals surface area (Å²) in [5.41, 5.74) is 3.04. The first-order chi connectivity index (χ1) is 16.9. The van der Waals surface area contributed by atoms with Gasteiger partial charge in [0, 0.05) is 22.3 Å². The highest BCUT2D eigenvalue weighted by Gasteiger charge is 2.22. The molecule has 0 unspecified atom stereocenters. The molecule has 1 saturated carbocycles. The molecule has 35 heavy (non-hydrogen) atoms. The Bertz CT molecular complexity index is 1380. The first kappa shape index (κ1) is 24.0.